The standard InChI is InChI=1S/C17H19N5O4/c1-11(23)12-4-2-5-13(8-12)21-17-15(22(24)25)16(19-10-20-17)18-9-14-6-3-7-26-14/h2,4-5,8,10,14H,3,6-7,9H2,1H3,(H2,18,19,20,21). The van der Waals surface area contributed by atoms with Gasteiger partial charge in [0, 0.05) is 24.4 Å². The average Bonchev–Trinajstić information content (AvgIpc) is 3.13. The van der Waals surface area contributed by atoms with E-state index in [0.717, 1.165) is 12.8 Å². The smallest absolute Gasteiger partial charge is 0.353 e. The van der Waals surface area contributed by atoms with E-state index >= 15 is 0 Å². The molecule has 1 fully saturated rings. The number of hydrogen-bond donors (Lipinski definition) is 2. The summed E-state index contributed by atoms with van der Waals surface area (Å²) in [5.41, 5.74) is 0.784. The quantitative estimate of drug-likeness (QED) is 0.441. The van der Waals surface area contributed by atoms with Crippen molar-refractivity contribution in [1.82, 2.24) is 9.97 Å². The number of carbonyl (C=O) groups is 1. The van der Waals surface area contributed by atoms with Gasteiger partial charge in [0.2, 0.25) is 11.6 Å². The van der Waals surface area contributed by atoms with Crippen LogP contribution < -0.4 is 10.6 Å². The Morgan fingerprint density at radius 2 is 2.19 bits per heavy atom. The van der Waals surface area contributed by atoms with Crippen molar-refractivity contribution in [2.45, 2.75) is 25.9 Å². The summed E-state index contributed by atoms with van der Waals surface area (Å²) in [4.78, 5) is 30.5. The molecule has 1 aromatic heterocycles. The van der Waals surface area contributed by atoms with Crippen molar-refractivity contribution in [2.75, 3.05) is 23.8 Å². The van der Waals surface area contributed by atoms with E-state index in [4.69, 9.17) is 4.74 Å². The van der Waals surface area contributed by atoms with Gasteiger partial charge in [-0.1, -0.05) is 12.1 Å². The highest BCUT2D eigenvalue weighted by Gasteiger charge is 2.24. The second-order valence-electron chi connectivity index (χ2n) is 5.95. The molecule has 1 aliphatic heterocycles. The van der Waals surface area contributed by atoms with Crippen LogP contribution in [0.15, 0.2) is 30.6 Å². The highest BCUT2D eigenvalue weighted by atomic mass is 16.6. The van der Waals surface area contributed by atoms with Gasteiger partial charge >= 0.3 is 5.69 Å². The number of rotatable bonds is 7. The van der Waals surface area contributed by atoms with Crippen LogP contribution in [0.3, 0.4) is 0 Å². The molecule has 0 radical (unpaired) electrons. The minimum atomic E-state index is -0.533. The second kappa shape index (κ2) is 7.87. The van der Waals surface area contributed by atoms with Crippen molar-refractivity contribution in [3.05, 3.63) is 46.3 Å². The first kappa shape index (κ1) is 17.7. The summed E-state index contributed by atoms with van der Waals surface area (Å²) in [5.74, 6) is 0.0935. The van der Waals surface area contributed by atoms with E-state index in [2.05, 4.69) is 20.6 Å². The molecule has 9 heteroatoms. The van der Waals surface area contributed by atoms with Crippen LogP contribution in [-0.2, 0) is 4.74 Å². The van der Waals surface area contributed by atoms with Gasteiger partial charge in [-0.05, 0) is 31.9 Å². The van der Waals surface area contributed by atoms with Crippen molar-refractivity contribution >= 4 is 28.8 Å². The number of nitrogens with one attached hydrogen (secondary N) is 2. The summed E-state index contributed by atoms with van der Waals surface area (Å²) < 4.78 is 5.51. The van der Waals surface area contributed by atoms with E-state index in [9.17, 15) is 14.9 Å². The van der Waals surface area contributed by atoms with Gasteiger partial charge in [-0.25, -0.2) is 9.97 Å². The van der Waals surface area contributed by atoms with E-state index in [0.29, 0.717) is 24.4 Å². The second-order valence-corrected chi connectivity index (χ2v) is 5.95. The van der Waals surface area contributed by atoms with Crippen LogP contribution in [-0.4, -0.2) is 39.9 Å². The Morgan fingerprint density at radius 3 is 2.88 bits per heavy atom. The predicted molar refractivity (Wildman–Crippen MR) is 95.9 cm³/mol. The lowest BCUT2D eigenvalue weighted by Crippen LogP contribution is -2.20. The first-order chi connectivity index (χ1) is 12.5. The van der Waals surface area contributed by atoms with Gasteiger partial charge < -0.3 is 15.4 Å². The largest absolute Gasteiger partial charge is 0.376 e. The Hall–Kier alpha value is -3.07. The Bertz CT molecular complexity index is 821. The summed E-state index contributed by atoms with van der Waals surface area (Å²) in [6.45, 7) is 2.61. The molecule has 1 atom stereocenters. The van der Waals surface area contributed by atoms with Crippen LogP contribution in [0.25, 0.3) is 0 Å². The molecule has 9 nitrogen and oxygen atoms in total. The van der Waals surface area contributed by atoms with Crippen molar-refractivity contribution in [1.29, 1.82) is 0 Å². The fraction of sp³-hybridized carbons (Fsp3) is 0.353. The van der Waals surface area contributed by atoms with Crippen LogP contribution in [0.2, 0.25) is 0 Å². The van der Waals surface area contributed by atoms with Gasteiger partial charge in [-0.15, -0.1) is 0 Å². The van der Waals surface area contributed by atoms with E-state index in [-0.39, 0.29) is 29.2 Å². The maximum atomic E-state index is 11.6. The fourth-order valence-electron chi connectivity index (χ4n) is 2.74. The number of nitro groups is 1. The van der Waals surface area contributed by atoms with Gasteiger partial charge in [0.15, 0.2) is 5.78 Å². The van der Waals surface area contributed by atoms with Crippen LogP contribution >= 0.6 is 0 Å². The van der Waals surface area contributed by atoms with E-state index in [1.807, 2.05) is 0 Å². The van der Waals surface area contributed by atoms with Crippen molar-refractivity contribution < 1.29 is 14.5 Å². The van der Waals surface area contributed by atoms with E-state index in [1.54, 1.807) is 24.3 Å². The normalized spacial score (nSPS) is 16.3. The number of hydrogen-bond acceptors (Lipinski definition) is 8. The summed E-state index contributed by atoms with van der Waals surface area (Å²) in [6, 6.07) is 6.70. The zero-order valence-corrected chi connectivity index (χ0v) is 14.3. The SMILES string of the molecule is CC(=O)c1cccc(Nc2ncnc(NCC3CCCO3)c2[N+](=O)[O-])c1. The van der Waals surface area contributed by atoms with Crippen molar-refractivity contribution in [3.63, 3.8) is 0 Å². The zero-order chi connectivity index (χ0) is 18.5. The fourth-order valence-corrected chi connectivity index (χ4v) is 2.74. The van der Waals surface area contributed by atoms with Gasteiger partial charge in [0.25, 0.3) is 0 Å². The summed E-state index contributed by atoms with van der Waals surface area (Å²) >= 11 is 0. The van der Waals surface area contributed by atoms with Crippen LogP contribution in [0.5, 0.6) is 0 Å². The first-order valence-electron chi connectivity index (χ1n) is 8.27. The molecule has 26 heavy (non-hydrogen) atoms. The Morgan fingerprint density at radius 1 is 1.38 bits per heavy atom. The average molecular weight is 357 g/mol. The number of aromatic nitrogens is 2. The van der Waals surface area contributed by atoms with Crippen LogP contribution in [0, 0.1) is 10.1 Å². The molecular weight excluding hydrogens is 338 g/mol. The number of ether oxygens (including phenoxy) is 1. The molecule has 1 saturated heterocycles. The molecular formula is C17H19N5O4. The lowest BCUT2D eigenvalue weighted by molar-refractivity contribution is -0.383. The van der Waals surface area contributed by atoms with E-state index in [1.165, 1.54) is 13.3 Å². The lowest BCUT2D eigenvalue weighted by atomic mass is 10.1. The zero-order valence-electron chi connectivity index (χ0n) is 14.3. The Kier molecular flexibility index (Phi) is 5.37. The first-order valence-corrected chi connectivity index (χ1v) is 8.27. The summed E-state index contributed by atoms with van der Waals surface area (Å²) in [7, 11) is 0. The topological polar surface area (TPSA) is 119 Å². The Balaban J connectivity index is 1.84. The number of benzene rings is 1. The molecule has 2 N–H and O–H groups in total. The predicted octanol–water partition coefficient (Wildman–Crippen LogP) is 2.92. The van der Waals surface area contributed by atoms with E-state index < -0.39 is 4.92 Å². The molecule has 2 heterocycles. The van der Waals surface area contributed by atoms with Crippen molar-refractivity contribution in [2.24, 2.45) is 0 Å². The van der Waals surface area contributed by atoms with Gasteiger partial charge in [0.05, 0.1) is 11.0 Å². The van der Waals surface area contributed by atoms with Crippen molar-refractivity contribution in [3.8, 4) is 0 Å². The third-order valence-corrected chi connectivity index (χ3v) is 4.06. The number of anilines is 3. The van der Waals surface area contributed by atoms with Crippen LogP contribution in [0.4, 0.5) is 23.0 Å². The molecule has 1 aromatic carbocycles. The minimum Gasteiger partial charge on any atom is -0.376 e. The number of carbonyl (C=O) groups excluding carboxylic acids is 1. The molecule has 0 aliphatic carbocycles. The molecule has 0 saturated carbocycles. The summed E-state index contributed by atoms with van der Waals surface area (Å²) in [5, 5.41) is 17.4. The monoisotopic (exact) mass is 357 g/mol. The van der Waals surface area contributed by atoms with Gasteiger partial charge in [-0.2, -0.15) is 0 Å². The molecule has 0 bridgehead atoms. The molecule has 0 spiro atoms. The highest BCUT2D eigenvalue weighted by molar-refractivity contribution is 5.95. The number of Topliss-reactive ketones (excluding diaryl/α,β-unsaturated/α-hetero) is 1. The highest BCUT2D eigenvalue weighted by Crippen LogP contribution is 2.31. The molecule has 0 amide bonds. The Labute approximate surface area is 150 Å². The summed E-state index contributed by atoms with van der Waals surface area (Å²) in [6.07, 6.45) is 3.17. The van der Waals surface area contributed by atoms with Gasteiger partial charge in [-0.3, -0.25) is 14.9 Å². The maximum absolute atomic E-state index is 11.6. The molecule has 136 valence electrons. The molecule has 1 aliphatic rings. The third kappa shape index (κ3) is 4.12. The van der Waals surface area contributed by atoms with Gasteiger partial charge in [0.1, 0.15) is 6.33 Å². The number of nitrogens with zero attached hydrogens (tertiary/aromatic N) is 3. The molecule has 3 rings (SSSR count). The van der Waals surface area contributed by atoms with Crippen LogP contribution in [0.1, 0.15) is 30.1 Å². The molecule has 2 aromatic rings. The maximum Gasteiger partial charge on any atom is 0.353 e. The molecule has 1 unspecified atom stereocenters. The third-order valence-electron chi connectivity index (χ3n) is 4.06. The number of ketones is 1. The lowest BCUT2D eigenvalue weighted by Gasteiger charge is -2.13. The minimum absolute atomic E-state index is 0.0215.